The van der Waals surface area contributed by atoms with Gasteiger partial charge in [0.2, 0.25) is 0 Å². The second-order valence-corrected chi connectivity index (χ2v) is 6.01. The predicted octanol–water partition coefficient (Wildman–Crippen LogP) is 3.21. The summed E-state index contributed by atoms with van der Waals surface area (Å²) < 4.78 is 5.51. The number of hydrogen-bond acceptors (Lipinski definition) is 2. The maximum Gasteiger partial charge on any atom is 0.0725 e. The minimum atomic E-state index is 0.405. The first-order valence-corrected chi connectivity index (χ1v) is 7.05. The van der Waals surface area contributed by atoms with E-state index in [1.54, 1.807) is 0 Å². The van der Waals surface area contributed by atoms with Crippen molar-refractivity contribution in [2.24, 2.45) is 5.41 Å². The highest BCUT2D eigenvalue weighted by atomic mass is 16.5. The summed E-state index contributed by atoms with van der Waals surface area (Å²) in [7, 11) is 2.09. The van der Waals surface area contributed by atoms with E-state index < -0.39 is 0 Å². The quantitative estimate of drug-likeness (QED) is 0.883. The monoisotopic (exact) mass is 245 g/mol. The molecule has 1 saturated carbocycles. The molecular formula is C16H23NO. The first kappa shape index (κ1) is 12.2. The molecule has 1 aliphatic heterocycles. The highest BCUT2D eigenvalue weighted by Gasteiger charge is 2.50. The molecule has 2 aliphatic rings. The van der Waals surface area contributed by atoms with Gasteiger partial charge in [0, 0.05) is 6.04 Å². The van der Waals surface area contributed by atoms with Crippen molar-refractivity contribution in [3.63, 3.8) is 0 Å². The Morgan fingerprint density at radius 3 is 2.83 bits per heavy atom. The SMILES string of the molecule is CCC1(C)C(NC)CC1c1ccc2c(c1)COC2. The summed E-state index contributed by atoms with van der Waals surface area (Å²) >= 11 is 0. The van der Waals surface area contributed by atoms with Gasteiger partial charge in [-0.25, -0.2) is 0 Å². The Balaban J connectivity index is 1.88. The van der Waals surface area contributed by atoms with Crippen molar-refractivity contribution >= 4 is 0 Å². The topological polar surface area (TPSA) is 21.3 Å². The zero-order chi connectivity index (χ0) is 12.8. The number of fused-ring (bicyclic) bond motifs is 1. The Morgan fingerprint density at radius 2 is 2.11 bits per heavy atom. The lowest BCUT2D eigenvalue weighted by Gasteiger charge is -2.54. The Kier molecular flexibility index (Phi) is 2.95. The molecule has 3 unspecified atom stereocenters. The van der Waals surface area contributed by atoms with Gasteiger partial charge in [-0.1, -0.05) is 32.0 Å². The average Bonchev–Trinajstić information content (AvgIpc) is 2.84. The summed E-state index contributed by atoms with van der Waals surface area (Å²) in [5, 5.41) is 3.47. The Hall–Kier alpha value is -0.860. The van der Waals surface area contributed by atoms with Crippen molar-refractivity contribution < 1.29 is 4.74 Å². The molecule has 0 radical (unpaired) electrons. The molecule has 1 N–H and O–H groups in total. The van der Waals surface area contributed by atoms with Gasteiger partial charge >= 0.3 is 0 Å². The van der Waals surface area contributed by atoms with Crippen LogP contribution in [0, 0.1) is 5.41 Å². The molecule has 0 spiro atoms. The fourth-order valence-corrected chi connectivity index (χ4v) is 3.72. The van der Waals surface area contributed by atoms with Gasteiger partial charge in [0.15, 0.2) is 0 Å². The molecule has 98 valence electrons. The summed E-state index contributed by atoms with van der Waals surface area (Å²) in [5.41, 5.74) is 4.69. The number of nitrogens with one attached hydrogen (secondary N) is 1. The van der Waals surface area contributed by atoms with Gasteiger partial charge in [-0.15, -0.1) is 0 Å². The largest absolute Gasteiger partial charge is 0.372 e. The lowest BCUT2D eigenvalue weighted by Crippen LogP contribution is -2.55. The fraction of sp³-hybridized carbons (Fsp3) is 0.625. The molecule has 1 fully saturated rings. The van der Waals surface area contributed by atoms with Crippen molar-refractivity contribution in [2.45, 2.75) is 51.9 Å². The second kappa shape index (κ2) is 4.36. The molecule has 0 saturated heterocycles. The summed E-state index contributed by atoms with van der Waals surface area (Å²) in [6, 6.07) is 7.63. The number of ether oxygens (including phenoxy) is 1. The van der Waals surface area contributed by atoms with Crippen LogP contribution < -0.4 is 5.32 Å². The van der Waals surface area contributed by atoms with E-state index in [0.717, 1.165) is 13.2 Å². The van der Waals surface area contributed by atoms with Crippen LogP contribution in [0.25, 0.3) is 0 Å². The normalized spacial score (nSPS) is 34.2. The summed E-state index contributed by atoms with van der Waals surface area (Å²) in [4.78, 5) is 0. The second-order valence-electron chi connectivity index (χ2n) is 6.01. The lowest BCUT2D eigenvalue weighted by molar-refractivity contribution is 0.0494. The number of hydrogen-bond donors (Lipinski definition) is 1. The van der Waals surface area contributed by atoms with Crippen LogP contribution in [0.2, 0.25) is 0 Å². The van der Waals surface area contributed by atoms with Crippen molar-refractivity contribution in [3.05, 3.63) is 34.9 Å². The van der Waals surface area contributed by atoms with Crippen molar-refractivity contribution in [2.75, 3.05) is 7.05 Å². The number of rotatable bonds is 3. The van der Waals surface area contributed by atoms with Gasteiger partial charge in [-0.3, -0.25) is 0 Å². The van der Waals surface area contributed by atoms with E-state index in [4.69, 9.17) is 4.74 Å². The molecule has 0 bridgehead atoms. The molecule has 1 heterocycles. The Bertz CT molecular complexity index is 456. The van der Waals surface area contributed by atoms with Crippen LogP contribution in [0.3, 0.4) is 0 Å². The molecular weight excluding hydrogens is 222 g/mol. The van der Waals surface area contributed by atoms with Crippen molar-refractivity contribution in [1.82, 2.24) is 5.32 Å². The molecule has 0 aromatic heterocycles. The first-order chi connectivity index (χ1) is 8.69. The van der Waals surface area contributed by atoms with E-state index in [1.807, 2.05) is 0 Å². The van der Waals surface area contributed by atoms with Crippen LogP contribution in [-0.2, 0) is 18.0 Å². The molecule has 1 aromatic carbocycles. The fourth-order valence-electron chi connectivity index (χ4n) is 3.72. The number of benzene rings is 1. The highest BCUT2D eigenvalue weighted by molar-refractivity contribution is 5.37. The molecule has 2 heteroatoms. The lowest BCUT2D eigenvalue weighted by atomic mass is 9.54. The van der Waals surface area contributed by atoms with Crippen LogP contribution in [0.1, 0.15) is 49.3 Å². The van der Waals surface area contributed by atoms with Gasteiger partial charge < -0.3 is 10.1 Å². The van der Waals surface area contributed by atoms with E-state index in [0.29, 0.717) is 17.4 Å². The maximum absolute atomic E-state index is 5.51. The minimum absolute atomic E-state index is 0.405. The summed E-state index contributed by atoms with van der Waals surface area (Å²) in [6.07, 6.45) is 2.50. The van der Waals surface area contributed by atoms with Gasteiger partial charge in [0.05, 0.1) is 13.2 Å². The third kappa shape index (κ3) is 1.63. The molecule has 18 heavy (non-hydrogen) atoms. The molecule has 1 aromatic rings. The Labute approximate surface area is 110 Å². The van der Waals surface area contributed by atoms with E-state index >= 15 is 0 Å². The van der Waals surface area contributed by atoms with E-state index in [-0.39, 0.29) is 0 Å². The van der Waals surface area contributed by atoms with Crippen LogP contribution in [0.5, 0.6) is 0 Å². The smallest absolute Gasteiger partial charge is 0.0725 e. The van der Waals surface area contributed by atoms with Gasteiger partial charge in [0.25, 0.3) is 0 Å². The molecule has 2 nitrogen and oxygen atoms in total. The van der Waals surface area contributed by atoms with Crippen LogP contribution in [0.4, 0.5) is 0 Å². The highest BCUT2D eigenvalue weighted by Crippen LogP contribution is 2.55. The van der Waals surface area contributed by atoms with E-state index in [2.05, 4.69) is 44.4 Å². The van der Waals surface area contributed by atoms with E-state index in [9.17, 15) is 0 Å². The Morgan fingerprint density at radius 1 is 1.33 bits per heavy atom. The molecule has 3 atom stereocenters. The molecule has 3 rings (SSSR count). The van der Waals surface area contributed by atoms with Crippen LogP contribution in [0.15, 0.2) is 18.2 Å². The average molecular weight is 245 g/mol. The van der Waals surface area contributed by atoms with Crippen LogP contribution >= 0.6 is 0 Å². The maximum atomic E-state index is 5.51. The third-order valence-electron chi connectivity index (χ3n) is 5.32. The third-order valence-corrected chi connectivity index (χ3v) is 5.32. The van der Waals surface area contributed by atoms with Gasteiger partial charge in [-0.05, 0) is 47.9 Å². The van der Waals surface area contributed by atoms with E-state index in [1.165, 1.54) is 29.5 Å². The molecule has 1 aliphatic carbocycles. The van der Waals surface area contributed by atoms with Crippen LogP contribution in [-0.4, -0.2) is 13.1 Å². The minimum Gasteiger partial charge on any atom is -0.372 e. The summed E-state index contributed by atoms with van der Waals surface area (Å²) in [5.74, 6) is 0.700. The summed E-state index contributed by atoms with van der Waals surface area (Å²) in [6.45, 7) is 6.33. The van der Waals surface area contributed by atoms with Gasteiger partial charge in [-0.2, -0.15) is 0 Å². The molecule has 0 amide bonds. The first-order valence-electron chi connectivity index (χ1n) is 7.05. The predicted molar refractivity (Wildman–Crippen MR) is 73.5 cm³/mol. The van der Waals surface area contributed by atoms with Crippen molar-refractivity contribution in [1.29, 1.82) is 0 Å². The van der Waals surface area contributed by atoms with Crippen molar-refractivity contribution in [3.8, 4) is 0 Å². The standard InChI is InChI=1S/C16H23NO/c1-4-16(2)14(8-15(16)17-3)11-5-6-12-9-18-10-13(12)7-11/h5-7,14-15,17H,4,8-10H2,1-3H3. The zero-order valence-electron chi connectivity index (χ0n) is 11.6. The zero-order valence-corrected chi connectivity index (χ0v) is 11.6. The van der Waals surface area contributed by atoms with Gasteiger partial charge in [0.1, 0.15) is 0 Å².